The Morgan fingerprint density at radius 1 is 1.65 bits per heavy atom. The fourth-order valence-corrected chi connectivity index (χ4v) is 1.90. The first-order valence-electron chi connectivity index (χ1n) is 4.69. The van der Waals surface area contributed by atoms with Crippen LogP contribution in [0.5, 0.6) is 0 Å². The summed E-state index contributed by atoms with van der Waals surface area (Å²) in [6, 6.07) is 3.86. The van der Waals surface area contributed by atoms with Gasteiger partial charge in [-0.25, -0.2) is 0 Å². The number of carbonyl (C=O) groups is 1. The number of carboxylic acids is 1. The van der Waals surface area contributed by atoms with Crippen molar-refractivity contribution in [2.75, 3.05) is 0 Å². The lowest BCUT2D eigenvalue weighted by atomic mass is 10.2. The fourth-order valence-electron chi connectivity index (χ4n) is 1.10. The molecule has 1 rings (SSSR count). The van der Waals surface area contributed by atoms with Crippen LogP contribution >= 0.6 is 11.8 Å². The van der Waals surface area contributed by atoms with Crippen LogP contribution in [0.4, 0.5) is 10.1 Å². The minimum atomic E-state index is -0.999. The quantitative estimate of drug-likeness (QED) is 0.648. The highest BCUT2D eigenvalue weighted by Gasteiger charge is 2.18. The number of hydrogen-bond acceptors (Lipinski definition) is 4. The number of carboxylic acid groups (broad SMARTS) is 1. The molecule has 0 saturated carbocycles. The normalized spacial score (nSPS) is 12.1. The zero-order valence-electron chi connectivity index (χ0n) is 8.92. The Hall–Kier alpha value is -1.63. The van der Waals surface area contributed by atoms with Crippen molar-refractivity contribution >= 4 is 23.4 Å². The SMILES string of the molecule is CC(SCc1cccc([N+](=O)[O-])c1F)C(=O)O. The number of rotatable bonds is 5. The van der Waals surface area contributed by atoms with Crippen LogP contribution in [0.25, 0.3) is 0 Å². The smallest absolute Gasteiger partial charge is 0.316 e. The van der Waals surface area contributed by atoms with Gasteiger partial charge in [-0.15, -0.1) is 11.8 Å². The third kappa shape index (κ3) is 3.42. The van der Waals surface area contributed by atoms with Crippen molar-refractivity contribution < 1.29 is 19.2 Å². The van der Waals surface area contributed by atoms with E-state index in [2.05, 4.69) is 0 Å². The van der Waals surface area contributed by atoms with Gasteiger partial charge in [0.2, 0.25) is 5.82 Å². The Labute approximate surface area is 101 Å². The van der Waals surface area contributed by atoms with E-state index in [1.807, 2.05) is 0 Å². The summed E-state index contributed by atoms with van der Waals surface area (Å²) in [6.07, 6.45) is 0. The number of thioether (sulfide) groups is 1. The molecule has 0 aromatic heterocycles. The Morgan fingerprint density at radius 2 is 2.29 bits per heavy atom. The van der Waals surface area contributed by atoms with E-state index in [1.165, 1.54) is 19.1 Å². The first kappa shape index (κ1) is 13.4. The predicted molar refractivity (Wildman–Crippen MR) is 61.4 cm³/mol. The number of hydrogen-bond donors (Lipinski definition) is 1. The molecule has 0 aliphatic carbocycles. The van der Waals surface area contributed by atoms with E-state index in [0.717, 1.165) is 17.8 Å². The van der Waals surface area contributed by atoms with Crippen LogP contribution in [0, 0.1) is 15.9 Å². The zero-order chi connectivity index (χ0) is 13.0. The summed E-state index contributed by atoms with van der Waals surface area (Å²) in [5, 5.41) is 18.4. The predicted octanol–water partition coefficient (Wildman–Crippen LogP) is 2.44. The molecule has 0 spiro atoms. The fraction of sp³-hybridized carbons (Fsp3) is 0.300. The maximum absolute atomic E-state index is 13.6. The Kier molecular flexibility index (Phi) is 4.45. The summed E-state index contributed by atoms with van der Waals surface area (Å²) in [4.78, 5) is 20.2. The standard InChI is InChI=1S/C10H10FNO4S/c1-6(10(13)14)17-5-7-3-2-4-8(9(7)11)12(15)16/h2-4,6H,5H2,1H3,(H,13,14). The molecule has 0 heterocycles. The maximum atomic E-state index is 13.6. The van der Waals surface area contributed by atoms with Gasteiger partial charge in [0.25, 0.3) is 0 Å². The van der Waals surface area contributed by atoms with Gasteiger partial charge in [-0.1, -0.05) is 12.1 Å². The molecule has 0 saturated heterocycles. The van der Waals surface area contributed by atoms with Gasteiger partial charge in [0.1, 0.15) is 0 Å². The molecular formula is C10H10FNO4S. The summed E-state index contributed by atoms with van der Waals surface area (Å²) < 4.78 is 13.6. The maximum Gasteiger partial charge on any atom is 0.316 e. The number of nitrogens with zero attached hydrogens (tertiary/aromatic N) is 1. The molecule has 1 aromatic carbocycles. The van der Waals surface area contributed by atoms with Gasteiger partial charge in [0.15, 0.2) is 0 Å². The molecule has 1 unspecified atom stereocenters. The molecule has 92 valence electrons. The minimum Gasteiger partial charge on any atom is -0.480 e. The number of aliphatic carboxylic acids is 1. The number of benzene rings is 1. The van der Waals surface area contributed by atoms with Crippen molar-refractivity contribution in [3.8, 4) is 0 Å². The van der Waals surface area contributed by atoms with E-state index in [9.17, 15) is 19.3 Å². The van der Waals surface area contributed by atoms with E-state index in [0.29, 0.717) is 0 Å². The molecular weight excluding hydrogens is 249 g/mol. The van der Waals surface area contributed by atoms with Crippen LogP contribution in [-0.4, -0.2) is 21.2 Å². The van der Waals surface area contributed by atoms with Crippen molar-refractivity contribution in [3.63, 3.8) is 0 Å². The van der Waals surface area contributed by atoms with Gasteiger partial charge in [-0.2, -0.15) is 4.39 Å². The van der Waals surface area contributed by atoms with Crippen LogP contribution in [0.1, 0.15) is 12.5 Å². The van der Waals surface area contributed by atoms with Gasteiger partial charge in [0, 0.05) is 17.4 Å². The largest absolute Gasteiger partial charge is 0.480 e. The Morgan fingerprint density at radius 3 is 2.82 bits per heavy atom. The third-order valence-electron chi connectivity index (χ3n) is 2.09. The number of halogens is 1. The lowest BCUT2D eigenvalue weighted by Gasteiger charge is -2.06. The summed E-state index contributed by atoms with van der Waals surface area (Å²) in [7, 11) is 0. The second-order valence-corrected chi connectivity index (χ2v) is 4.63. The molecule has 0 amide bonds. The van der Waals surface area contributed by atoms with E-state index < -0.39 is 27.6 Å². The van der Waals surface area contributed by atoms with Crippen LogP contribution in [0.3, 0.4) is 0 Å². The molecule has 1 N–H and O–H groups in total. The van der Waals surface area contributed by atoms with E-state index in [4.69, 9.17) is 5.11 Å². The third-order valence-corrected chi connectivity index (χ3v) is 3.27. The molecule has 0 bridgehead atoms. The summed E-state index contributed by atoms with van der Waals surface area (Å²) in [5.41, 5.74) is -0.455. The topological polar surface area (TPSA) is 80.4 Å². The average Bonchev–Trinajstić information content (AvgIpc) is 2.26. The van der Waals surface area contributed by atoms with Gasteiger partial charge in [-0.3, -0.25) is 14.9 Å². The van der Waals surface area contributed by atoms with Gasteiger partial charge in [-0.05, 0) is 6.92 Å². The van der Waals surface area contributed by atoms with Crippen LogP contribution in [-0.2, 0) is 10.5 Å². The highest BCUT2D eigenvalue weighted by Crippen LogP contribution is 2.25. The lowest BCUT2D eigenvalue weighted by Crippen LogP contribution is -2.11. The van der Waals surface area contributed by atoms with Gasteiger partial charge in [0.05, 0.1) is 10.2 Å². The van der Waals surface area contributed by atoms with Gasteiger partial charge >= 0.3 is 11.7 Å². The molecule has 1 atom stereocenters. The first-order valence-corrected chi connectivity index (χ1v) is 5.74. The van der Waals surface area contributed by atoms with Crippen LogP contribution < -0.4 is 0 Å². The summed E-state index contributed by atoms with van der Waals surface area (Å²) >= 11 is 1.01. The van der Waals surface area contributed by atoms with Crippen LogP contribution in [0.2, 0.25) is 0 Å². The number of nitro benzene ring substituents is 1. The van der Waals surface area contributed by atoms with Crippen molar-refractivity contribution in [1.29, 1.82) is 0 Å². The molecule has 1 aromatic rings. The van der Waals surface area contributed by atoms with Crippen molar-refractivity contribution in [2.45, 2.75) is 17.9 Å². The van der Waals surface area contributed by atoms with Crippen molar-refractivity contribution in [3.05, 3.63) is 39.7 Å². The van der Waals surface area contributed by atoms with E-state index in [1.54, 1.807) is 0 Å². The summed E-state index contributed by atoms with van der Waals surface area (Å²) in [6.45, 7) is 1.47. The molecule has 17 heavy (non-hydrogen) atoms. The average molecular weight is 259 g/mol. The summed E-state index contributed by atoms with van der Waals surface area (Å²) in [5.74, 6) is -1.82. The van der Waals surface area contributed by atoms with Gasteiger partial charge < -0.3 is 5.11 Å². The zero-order valence-corrected chi connectivity index (χ0v) is 9.74. The van der Waals surface area contributed by atoms with Crippen LogP contribution in [0.15, 0.2) is 18.2 Å². The highest BCUT2D eigenvalue weighted by atomic mass is 32.2. The van der Waals surface area contributed by atoms with E-state index >= 15 is 0 Å². The Bertz CT molecular complexity index is 452. The van der Waals surface area contributed by atoms with E-state index in [-0.39, 0.29) is 11.3 Å². The molecule has 0 fully saturated rings. The lowest BCUT2D eigenvalue weighted by molar-refractivity contribution is -0.387. The minimum absolute atomic E-state index is 0.0843. The molecule has 0 aliphatic rings. The molecule has 7 heteroatoms. The second kappa shape index (κ2) is 5.62. The molecule has 0 radical (unpaired) electrons. The van der Waals surface area contributed by atoms with Crippen molar-refractivity contribution in [1.82, 2.24) is 0 Å². The highest BCUT2D eigenvalue weighted by molar-refractivity contribution is 7.99. The van der Waals surface area contributed by atoms with Crippen molar-refractivity contribution in [2.24, 2.45) is 0 Å². The second-order valence-electron chi connectivity index (χ2n) is 3.30. The first-order chi connectivity index (χ1) is 7.93. The molecule has 0 aliphatic heterocycles. The Balaban J connectivity index is 2.82. The number of nitro groups is 1. The molecule has 5 nitrogen and oxygen atoms in total. The monoisotopic (exact) mass is 259 g/mol.